The molecule has 6 heteroatoms. The van der Waals surface area contributed by atoms with Gasteiger partial charge in [-0.1, -0.05) is 56.0 Å². The average Bonchev–Trinajstić information content (AvgIpc) is 3.02. The monoisotopic (exact) mass is 457 g/mol. The summed E-state index contributed by atoms with van der Waals surface area (Å²) < 4.78 is 4.16. The number of hydrogen-bond acceptors (Lipinski definition) is 3. The third kappa shape index (κ3) is 4.33. The number of nitrogens with zero attached hydrogens (tertiary/aromatic N) is 4. The SMILES string of the molecule is C=C1CC[C@H]2C(C)(C)CCC[C@]2(C)[C@H]1CC/C(C)=C/Cn1c[n+](C)c2ncnc(N)c21.[Cl-]. The number of nitrogens with two attached hydrogens (primary N) is 1. The van der Waals surface area contributed by atoms with Crippen LogP contribution in [0.25, 0.3) is 11.2 Å². The Morgan fingerprint density at radius 1 is 1.31 bits per heavy atom. The quantitative estimate of drug-likeness (QED) is 0.553. The lowest BCUT2D eigenvalue weighted by molar-refractivity contribution is -0.647. The van der Waals surface area contributed by atoms with Gasteiger partial charge in [-0.2, -0.15) is 4.98 Å². The lowest BCUT2D eigenvalue weighted by atomic mass is 9.47. The van der Waals surface area contributed by atoms with E-state index in [1.807, 2.05) is 11.6 Å². The summed E-state index contributed by atoms with van der Waals surface area (Å²) in [6, 6.07) is 0. The van der Waals surface area contributed by atoms with Crippen LogP contribution in [-0.4, -0.2) is 14.5 Å². The summed E-state index contributed by atoms with van der Waals surface area (Å²) in [7, 11) is 2.00. The average molecular weight is 458 g/mol. The molecule has 2 aliphatic carbocycles. The summed E-state index contributed by atoms with van der Waals surface area (Å²) in [5.74, 6) is 2.00. The molecule has 2 N–H and O–H groups in total. The molecule has 0 saturated heterocycles. The van der Waals surface area contributed by atoms with Crippen molar-refractivity contribution in [3.8, 4) is 0 Å². The Bertz CT molecular complexity index is 1020. The van der Waals surface area contributed by atoms with E-state index in [9.17, 15) is 0 Å². The molecule has 3 atom stereocenters. The molecule has 2 aromatic heterocycles. The van der Waals surface area contributed by atoms with Crippen LogP contribution in [0.5, 0.6) is 0 Å². The van der Waals surface area contributed by atoms with Crippen molar-refractivity contribution in [2.45, 2.75) is 79.2 Å². The number of imidazole rings is 1. The Morgan fingerprint density at radius 3 is 2.81 bits per heavy atom. The minimum absolute atomic E-state index is 0. The first-order chi connectivity index (χ1) is 14.6. The minimum Gasteiger partial charge on any atom is -1.00 e. The fourth-order valence-electron chi connectivity index (χ4n) is 6.91. The van der Waals surface area contributed by atoms with Gasteiger partial charge in [0, 0.05) is 0 Å². The van der Waals surface area contributed by atoms with Crippen LogP contribution >= 0.6 is 0 Å². The van der Waals surface area contributed by atoms with Crippen LogP contribution in [0.15, 0.2) is 36.5 Å². The van der Waals surface area contributed by atoms with Crippen LogP contribution in [-0.2, 0) is 13.6 Å². The molecule has 0 unspecified atom stereocenters. The van der Waals surface area contributed by atoms with Gasteiger partial charge in [-0.25, -0.2) is 4.57 Å². The Kier molecular flexibility index (Phi) is 7.09. The lowest BCUT2D eigenvalue weighted by Gasteiger charge is -2.58. The van der Waals surface area contributed by atoms with Crippen molar-refractivity contribution < 1.29 is 17.0 Å². The highest BCUT2D eigenvalue weighted by Gasteiger charge is 2.52. The predicted molar refractivity (Wildman–Crippen MR) is 127 cm³/mol. The van der Waals surface area contributed by atoms with Crippen LogP contribution in [0.4, 0.5) is 5.82 Å². The number of allylic oxidation sites excluding steroid dienone is 3. The van der Waals surface area contributed by atoms with Crippen molar-refractivity contribution in [2.75, 3.05) is 5.73 Å². The minimum atomic E-state index is 0. The smallest absolute Gasteiger partial charge is 0.307 e. The Balaban J connectivity index is 0.00000289. The van der Waals surface area contributed by atoms with Gasteiger partial charge in [0.25, 0.3) is 0 Å². The Labute approximate surface area is 199 Å². The summed E-state index contributed by atoms with van der Waals surface area (Å²) in [6.45, 7) is 15.2. The number of halogens is 1. The predicted octanol–water partition coefficient (Wildman–Crippen LogP) is 2.37. The van der Waals surface area contributed by atoms with E-state index in [-0.39, 0.29) is 12.4 Å². The molecule has 0 amide bonds. The molecule has 2 aromatic rings. The van der Waals surface area contributed by atoms with Crippen molar-refractivity contribution in [2.24, 2.45) is 29.7 Å². The maximum absolute atomic E-state index is 6.13. The van der Waals surface area contributed by atoms with E-state index in [1.165, 1.54) is 56.0 Å². The first kappa shape index (κ1) is 24.8. The second kappa shape index (κ2) is 9.17. The van der Waals surface area contributed by atoms with Gasteiger partial charge in [0.05, 0.1) is 13.6 Å². The standard InChI is InChI=1S/C26H40N5.ClH/c1-18(12-15-31-17-30(6)24-22(31)23(27)28-16-29-24)8-10-20-19(2)9-11-21-25(3,4)13-7-14-26(20,21)5;/h12,16-17,20-21H,2,7-11,13-15H2,1,3-6H3,(H2,27,28,29);1H/q+1;/p-1/b18-12+;/t20-,21-,26+;/m0./s1. The van der Waals surface area contributed by atoms with Crippen molar-refractivity contribution >= 4 is 17.0 Å². The number of aromatic nitrogens is 4. The third-order valence-electron chi connectivity index (χ3n) is 8.55. The Morgan fingerprint density at radius 2 is 2.06 bits per heavy atom. The van der Waals surface area contributed by atoms with E-state index in [0.29, 0.717) is 22.6 Å². The van der Waals surface area contributed by atoms with Gasteiger partial charge in [0.15, 0.2) is 18.5 Å². The van der Waals surface area contributed by atoms with Crippen LogP contribution in [0.1, 0.15) is 72.6 Å². The molecule has 0 aliphatic heterocycles. The molecule has 0 bridgehead atoms. The molecule has 2 saturated carbocycles. The van der Waals surface area contributed by atoms with E-state index in [1.54, 1.807) is 0 Å². The molecule has 5 nitrogen and oxygen atoms in total. The zero-order chi connectivity index (χ0) is 22.4. The number of aryl methyl sites for hydroxylation is 1. The zero-order valence-corrected chi connectivity index (χ0v) is 21.3. The van der Waals surface area contributed by atoms with E-state index >= 15 is 0 Å². The highest BCUT2D eigenvalue weighted by atomic mass is 35.5. The fraction of sp³-hybridized carbons (Fsp3) is 0.654. The van der Waals surface area contributed by atoms with Gasteiger partial charge in [-0.3, -0.25) is 4.57 Å². The topological polar surface area (TPSA) is 60.6 Å². The maximum atomic E-state index is 6.13. The van der Waals surface area contributed by atoms with Crippen LogP contribution < -0.4 is 22.7 Å². The molecule has 2 heterocycles. The highest BCUT2D eigenvalue weighted by Crippen LogP contribution is 2.61. The number of anilines is 1. The molecule has 32 heavy (non-hydrogen) atoms. The van der Waals surface area contributed by atoms with Gasteiger partial charge in [0.2, 0.25) is 5.52 Å². The number of hydrogen-bond donors (Lipinski definition) is 1. The van der Waals surface area contributed by atoms with Gasteiger partial charge in [-0.15, -0.1) is 0 Å². The molecule has 4 rings (SSSR count). The van der Waals surface area contributed by atoms with Crippen LogP contribution in [0.2, 0.25) is 0 Å². The molecular weight excluding hydrogens is 418 g/mol. The van der Waals surface area contributed by atoms with E-state index in [4.69, 9.17) is 5.73 Å². The molecule has 0 spiro atoms. The number of fused-ring (bicyclic) bond motifs is 2. The second-order valence-electron chi connectivity index (χ2n) is 11.0. The summed E-state index contributed by atoms with van der Waals surface area (Å²) in [4.78, 5) is 8.55. The number of rotatable bonds is 5. The molecule has 176 valence electrons. The van der Waals surface area contributed by atoms with Crippen molar-refractivity contribution in [1.82, 2.24) is 14.5 Å². The molecule has 0 radical (unpaired) electrons. The lowest BCUT2D eigenvalue weighted by Crippen LogP contribution is -3.00. The van der Waals surface area contributed by atoms with E-state index < -0.39 is 0 Å². The van der Waals surface area contributed by atoms with Crippen LogP contribution in [0.3, 0.4) is 0 Å². The van der Waals surface area contributed by atoms with Crippen molar-refractivity contribution in [3.05, 3.63) is 36.5 Å². The van der Waals surface area contributed by atoms with Gasteiger partial charge in [0.1, 0.15) is 0 Å². The molecule has 0 aromatic carbocycles. The molecule has 2 aliphatic rings. The first-order valence-corrected chi connectivity index (χ1v) is 11.9. The molecule has 2 fully saturated rings. The van der Waals surface area contributed by atoms with E-state index in [2.05, 4.69) is 61.2 Å². The summed E-state index contributed by atoms with van der Waals surface area (Å²) in [6.07, 6.45) is 14.9. The van der Waals surface area contributed by atoms with Crippen molar-refractivity contribution in [3.63, 3.8) is 0 Å². The Hall–Kier alpha value is -1.88. The summed E-state index contributed by atoms with van der Waals surface area (Å²) in [5, 5.41) is 0. The maximum Gasteiger partial charge on any atom is 0.307 e. The third-order valence-corrected chi connectivity index (χ3v) is 8.55. The van der Waals surface area contributed by atoms with Gasteiger partial charge < -0.3 is 18.1 Å². The largest absolute Gasteiger partial charge is 1.00 e. The fourth-order valence-corrected chi connectivity index (χ4v) is 6.91. The zero-order valence-electron chi connectivity index (χ0n) is 20.5. The van der Waals surface area contributed by atoms with Crippen molar-refractivity contribution in [1.29, 1.82) is 0 Å². The normalized spacial score (nSPS) is 27.8. The van der Waals surface area contributed by atoms with E-state index in [0.717, 1.165) is 30.0 Å². The van der Waals surface area contributed by atoms with Gasteiger partial charge >= 0.3 is 5.65 Å². The molecular formula is C26H40ClN5. The first-order valence-electron chi connectivity index (χ1n) is 11.9. The summed E-state index contributed by atoms with van der Waals surface area (Å²) in [5.41, 5.74) is 11.7. The highest BCUT2D eigenvalue weighted by molar-refractivity contribution is 5.79. The summed E-state index contributed by atoms with van der Waals surface area (Å²) >= 11 is 0. The van der Waals surface area contributed by atoms with Gasteiger partial charge in [-0.05, 0) is 68.1 Å². The second-order valence-corrected chi connectivity index (χ2v) is 11.0. The van der Waals surface area contributed by atoms with Crippen LogP contribution in [0, 0.1) is 22.7 Å². The number of nitrogen functional groups attached to an aromatic ring is 1.